The van der Waals surface area contributed by atoms with Gasteiger partial charge in [0.15, 0.2) is 0 Å². The van der Waals surface area contributed by atoms with Crippen molar-refractivity contribution in [3.8, 4) is 84.3 Å². The molecule has 9 aromatic carbocycles. The smallest absolute Gasteiger partial charge is 0.268 e. The first kappa shape index (κ1) is 33.4. The van der Waals surface area contributed by atoms with Crippen molar-refractivity contribution in [2.75, 3.05) is 0 Å². The van der Waals surface area contributed by atoms with E-state index in [1.807, 2.05) is 86.0 Å². The van der Waals surface area contributed by atoms with Crippen molar-refractivity contribution >= 4 is 32.8 Å². The first-order valence-corrected chi connectivity index (χ1v) is 27.3. The maximum atomic E-state index is 10.5. The first-order chi connectivity index (χ1) is 49.9. The van der Waals surface area contributed by atoms with Crippen molar-refractivity contribution in [2.45, 2.75) is 117 Å². The molecule has 0 saturated heterocycles. The standard InChI is InChI=1S/C78H70N4O.Pt/c1-48-21-19-22-49(2)72(48)52-40-63-59-27-15-13-25-57(59)58-26-14-16-28-60(58)64-39-51(50-31-34-65-66(41-50)78(11,12)37-36-77(65,9)10)43-70-74(64)81(73(63)67(42-52)76(6,7)8)47-80(70)54-23-20-24-55(45-54)83-56-32-33-62-61-29-17-18-30-68(61)82(69(62)46-56)71-44-53(35-38-79-71)75(3,4)5;/h13-35,38-44H,36-37H2,1-12H3;/q-2;/i1D3,2D3,9D3,10D3,11D3,12D3,31D,34D,36D2,37D2,41D;. The van der Waals surface area contributed by atoms with Gasteiger partial charge in [-0.1, -0.05) is 190 Å². The minimum Gasteiger partial charge on any atom is -0.510 e. The SMILES string of the molecule is [2H]c1c([2H])c2c(c([2H])c1-c1cc3c4c(c1)n(-c1[c-]c(Oc5[c-]c6c(cc5)c5ccccc5n6-c5cc(C(C)(C)C)ccn5)ccc1)[c-][n+]4-c1c(cc(-c4c(C([2H])([2H])[2H])cccc4C([2H])([2H])[2H])cc1C(C)(C)C)-c1ccccc1-c1ccccc1-3)C(C([2H])([2H])[2H])(C([2H])([2H])[2H])C([2H])([2H])C([2H])([2H])C2(C([2H])([2H])[2H])C([2H])([2H])[2H].[Pt]. The molecule has 84 heavy (non-hydrogen) atoms. The summed E-state index contributed by atoms with van der Waals surface area (Å²) in [6, 6.07) is 48.2. The van der Waals surface area contributed by atoms with Crippen LogP contribution in [0.4, 0.5) is 0 Å². The van der Waals surface area contributed by atoms with E-state index in [-0.39, 0.29) is 88.1 Å². The number of ether oxygens (including phenoxy) is 1. The summed E-state index contributed by atoms with van der Waals surface area (Å²) in [4.78, 5) is 4.83. The molecule has 0 bridgehead atoms. The number of hydrogen-bond donors (Lipinski definition) is 0. The number of pyridine rings is 1. The summed E-state index contributed by atoms with van der Waals surface area (Å²) in [5.41, 5.74) is -7.90. The van der Waals surface area contributed by atoms with E-state index in [1.54, 1.807) is 82.1 Å². The fraction of sp³-hybridized carbons (Fsp3) is 0.231. The van der Waals surface area contributed by atoms with Gasteiger partial charge >= 0.3 is 0 Å². The first-order valence-electron chi connectivity index (χ1n) is 39.8. The minimum atomic E-state index is -4.59. The van der Waals surface area contributed by atoms with Crippen molar-refractivity contribution in [1.29, 1.82) is 0 Å². The van der Waals surface area contributed by atoms with Crippen LogP contribution >= 0.6 is 0 Å². The number of aromatic nitrogens is 4. The Morgan fingerprint density at radius 1 is 0.595 bits per heavy atom. The maximum Gasteiger partial charge on any atom is 0.268 e. The molecule has 0 spiro atoms. The van der Waals surface area contributed by atoms with Gasteiger partial charge in [0.05, 0.1) is 20.8 Å². The van der Waals surface area contributed by atoms with Crippen LogP contribution in [0.3, 0.4) is 0 Å². The van der Waals surface area contributed by atoms with Crippen LogP contribution < -0.4 is 9.30 Å². The Labute approximate surface area is 545 Å². The molecular weight excluding hydrogens is 1200 g/mol. The largest absolute Gasteiger partial charge is 0.510 e. The topological polar surface area (TPSA) is 35.9 Å². The van der Waals surface area contributed by atoms with Crippen LogP contribution in [-0.2, 0) is 42.7 Å². The molecule has 0 atom stereocenters. The maximum absolute atomic E-state index is 10.5. The average Bonchev–Trinajstić information content (AvgIpc) is 1.16. The zero-order valence-electron chi connectivity index (χ0n) is 71.6. The molecule has 0 fully saturated rings. The van der Waals surface area contributed by atoms with Crippen LogP contribution in [0.25, 0.3) is 106 Å². The monoisotopic (exact) mass is 1300 g/mol. The number of fused-ring (bicyclic) bond motifs is 11. The van der Waals surface area contributed by atoms with E-state index in [9.17, 15) is 9.60 Å². The van der Waals surface area contributed by atoms with E-state index < -0.39 is 105 Å². The molecule has 420 valence electrons. The number of para-hydroxylation sites is 1. The van der Waals surface area contributed by atoms with Gasteiger partial charge in [0.1, 0.15) is 5.82 Å². The number of benzene rings is 9. The van der Waals surface area contributed by atoms with Crippen LogP contribution in [0.15, 0.2) is 182 Å². The number of imidazole rings is 1. The van der Waals surface area contributed by atoms with Crippen molar-refractivity contribution in [3.05, 3.63) is 234 Å². The molecule has 4 heterocycles. The van der Waals surface area contributed by atoms with Crippen LogP contribution in [0.1, 0.15) is 149 Å². The second kappa shape index (κ2) is 20.0. The van der Waals surface area contributed by atoms with Crippen molar-refractivity contribution in [3.63, 3.8) is 0 Å². The molecule has 2 aliphatic rings. The summed E-state index contributed by atoms with van der Waals surface area (Å²) in [5, 5.41) is 1.77. The molecular formula is C78H70N4OPt-2. The van der Waals surface area contributed by atoms with Gasteiger partial charge in [-0.25, -0.2) is 4.98 Å². The summed E-state index contributed by atoms with van der Waals surface area (Å²) in [5.74, 6) is 1.01. The summed E-state index contributed by atoms with van der Waals surface area (Å²) >= 11 is 0. The van der Waals surface area contributed by atoms with Crippen molar-refractivity contribution in [2.24, 2.45) is 0 Å². The van der Waals surface area contributed by atoms with E-state index in [1.165, 1.54) is 30.3 Å². The molecule has 12 aromatic rings. The Balaban J connectivity index is 0.0000105. The molecule has 0 saturated carbocycles. The average molecular weight is 1300 g/mol. The Hall–Kier alpha value is -8.11. The molecule has 0 amide bonds. The third kappa shape index (κ3) is 9.08. The van der Waals surface area contributed by atoms with Crippen LogP contribution in [0.5, 0.6) is 11.5 Å². The van der Waals surface area contributed by atoms with Crippen LogP contribution in [0, 0.1) is 32.2 Å². The van der Waals surface area contributed by atoms with Gasteiger partial charge < -0.3 is 13.9 Å². The van der Waals surface area contributed by atoms with E-state index in [2.05, 4.69) is 39.2 Å². The molecule has 1 aliphatic heterocycles. The van der Waals surface area contributed by atoms with Gasteiger partial charge in [-0.2, -0.15) is 18.2 Å². The zero-order chi connectivity index (χ0) is 78.7. The fourth-order valence-corrected chi connectivity index (χ4v) is 11.8. The minimum absolute atomic E-state index is 0. The second-order valence-corrected chi connectivity index (χ2v) is 23.5. The molecule has 0 radical (unpaired) electrons. The summed E-state index contributed by atoms with van der Waals surface area (Å²) < 4.78 is 243. The second-order valence-electron chi connectivity index (χ2n) is 23.5. The van der Waals surface area contributed by atoms with Crippen molar-refractivity contribution < 1.29 is 64.6 Å². The third-order valence-electron chi connectivity index (χ3n) is 15.9. The molecule has 3 aromatic heterocycles. The summed E-state index contributed by atoms with van der Waals surface area (Å²) in [6.45, 7) is -10.8. The Morgan fingerprint density at radius 2 is 1.25 bits per heavy atom. The van der Waals surface area contributed by atoms with Gasteiger partial charge in [-0.3, -0.25) is 4.57 Å². The van der Waals surface area contributed by atoms with Gasteiger partial charge in [0.2, 0.25) is 0 Å². The Bertz CT molecular complexity index is 5680. The molecule has 5 nitrogen and oxygen atoms in total. The number of hydrogen-bond acceptors (Lipinski definition) is 2. The van der Waals surface area contributed by atoms with E-state index in [4.69, 9.17) is 34.4 Å². The zero-order valence-corrected chi connectivity index (χ0v) is 48.9. The quantitative estimate of drug-likeness (QED) is 0.123. The number of rotatable bonds is 6. The predicted molar refractivity (Wildman–Crippen MR) is 343 cm³/mol. The molecule has 1 aliphatic carbocycles. The van der Waals surface area contributed by atoms with Gasteiger partial charge in [-0.15, -0.1) is 29.7 Å². The van der Waals surface area contributed by atoms with E-state index in [0.29, 0.717) is 50.4 Å². The summed E-state index contributed by atoms with van der Waals surface area (Å²) in [6.07, 6.45) is -3.79. The van der Waals surface area contributed by atoms with Gasteiger partial charge in [-0.05, 0) is 179 Å². The third-order valence-corrected chi connectivity index (χ3v) is 15.9. The van der Waals surface area contributed by atoms with E-state index in [0.717, 1.165) is 21.9 Å². The molecule has 0 N–H and O–H groups in total. The normalized spacial score (nSPS) is 20.7. The van der Waals surface area contributed by atoms with Gasteiger partial charge in [0.25, 0.3) is 6.33 Å². The molecule has 6 heteroatoms. The van der Waals surface area contributed by atoms with Gasteiger partial charge in [0, 0.05) is 74.4 Å². The number of nitrogens with zero attached hydrogens (tertiary/aromatic N) is 4. The molecule has 0 unspecified atom stereocenters. The van der Waals surface area contributed by atoms with Crippen molar-refractivity contribution in [1.82, 2.24) is 14.1 Å². The number of aryl methyl sites for hydroxylation is 2. The Kier molecular flexibility index (Phi) is 7.96. The summed E-state index contributed by atoms with van der Waals surface area (Å²) in [7, 11) is 0. The van der Waals surface area contributed by atoms with Crippen LogP contribution in [-0.4, -0.2) is 14.1 Å². The van der Waals surface area contributed by atoms with Crippen LogP contribution in [0.2, 0.25) is 0 Å². The predicted octanol–water partition coefficient (Wildman–Crippen LogP) is 19.8. The van der Waals surface area contributed by atoms with E-state index >= 15 is 0 Å². The Morgan fingerprint density at radius 3 is 1.95 bits per heavy atom. The fourth-order valence-electron chi connectivity index (χ4n) is 11.8. The molecule has 14 rings (SSSR count).